The van der Waals surface area contributed by atoms with Crippen molar-refractivity contribution in [2.24, 2.45) is 5.92 Å². The van der Waals surface area contributed by atoms with Crippen LogP contribution in [-0.4, -0.2) is 73.5 Å². The molecule has 0 spiro atoms. The lowest BCUT2D eigenvalue weighted by molar-refractivity contribution is -0.121. The molecule has 1 aliphatic rings. The number of fused-ring (bicyclic) bond motifs is 1. The van der Waals surface area contributed by atoms with Gasteiger partial charge in [-0.2, -0.15) is 16.8 Å². The second kappa shape index (κ2) is 18.0. The molecule has 53 heavy (non-hydrogen) atoms. The number of hydrogen-bond donors (Lipinski definition) is 6. The topological polar surface area (TPSA) is 238 Å². The molecule has 6 N–H and O–H groups in total. The largest absolute Gasteiger partial charge is 0.507 e. The minimum atomic E-state index is -4.05. The van der Waals surface area contributed by atoms with Crippen molar-refractivity contribution in [1.82, 2.24) is 20.6 Å². The molecule has 0 aliphatic heterocycles. The van der Waals surface area contributed by atoms with Crippen molar-refractivity contribution in [2.45, 2.75) is 75.3 Å². The van der Waals surface area contributed by atoms with Gasteiger partial charge in [-0.25, -0.2) is 9.78 Å². The number of nitrogens with one attached hydrogen (secondary N) is 4. The van der Waals surface area contributed by atoms with Gasteiger partial charge in [0, 0.05) is 50.0 Å². The molecule has 5 rings (SSSR count). The number of hydrogen-bond acceptors (Lipinski definition) is 11. The van der Waals surface area contributed by atoms with Gasteiger partial charge in [0.15, 0.2) is 0 Å². The van der Waals surface area contributed by atoms with Crippen LogP contribution in [0.25, 0.3) is 11.0 Å². The maximum Gasteiger partial charge on any atom is 0.343 e. The number of benzene rings is 2. The Bertz CT molecular complexity index is 2150. The van der Waals surface area contributed by atoms with Gasteiger partial charge in [-0.3, -0.25) is 18.9 Å². The van der Waals surface area contributed by atoms with Gasteiger partial charge in [0.05, 0.1) is 28.9 Å². The molecule has 0 saturated heterocycles. The van der Waals surface area contributed by atoms with Crippen LogP contribution >= 0.6 is 0 Å². The van der Waals surface area contributed by atoms with Gasteiger partial charge in [-0.1, -0.05) is 37.1 Å². The van der Waals surface area contributed by atoms with E-state index in [1.807, 2.05) is 0 Å². The first-order valence-electron chi connectivity index (χ1n) is 17.7. The summed E-state index contributed by atoms with van der Waals surface area (Å²) in [6, 6.07) is 15.2. The van der Waals surface area contributed by atoms with Crippen molar-refractivity contribution < 1.29 is 40.5 Å². The summed E-state index contributed by atoms with van der Waals surface area (Å²) in [5.41, 5.74) is 1.51. The molecular formula is C36H45N5O10S2. The SMILES string of the molecule is O=C(CCCCCCC(=O)NCCCc1cc(O)c(C(c2cccc(NS(=O)(=O)c3nc4ccccc4[nH]3)c2)C2CC2)c(=O)o1)CNCCS(=O)(=O)O. The lowest BCUT2D eigenvalue weighted by Crippen LogP contribution is -2.28. The van der Waals surface area contributed by atoms with Crippen LogP contribution < -0.4 is 21.0 Å². The van der Waals surface area contributed by atoms with Crippen LogP contribution in [0.2, 0.25) is 0 Å². The van der Waals surface area contributed by atoms with Gasteiger partial charge in [-0.05, 0) is 67.9 Å². The van der Waals surface area contributed by atoms with E-state index in [9.17, 15) is 36.3 Å². The summed E-state index contributed by atoms with van der Waals surface area (Å²) in [5.74, 6) is -0.941. The predicted octanol–water partition coefficient (Wildman–Crippen LogP) is 4.00. The number of carbonyl (C=O) groups is 2. The average Bonchev–Trinajstić information content (AvgIpc) is 3.83. The molecule has 4 aromatic rings. The molecular weight excluding hydrogens is 727 g/mol. The van der Waals surface area contributed by atoms with Crippen LogP contribution in [0, 0.1) is 5.92 Å². The summed E-state index contributed by atoms with van der Waals surface area (Å²) in [7, 11) is -8.10. The van der Waals surface area contributed by atoms with Crippen molar-refractivity contribution in [2.75, 3.05) is 30.1 Å². The minimum Gasteiger partial charge on any atom is -0.507 e. The molecule has 15 nitrogen and oxygen atoms in total. The monoisotopic (exact) mass is 771 g/mol. The molecule has 1 aliphatic carbocycles. The zero-order chi connectivity index (χ0) is 38.0. The lowest BCUT2D eigenvalue weighted by Gasteiger charge is -2.19. The fourth-order valence-corrected chi connectivity index (χ4v) is 7.56. The third kappa shape index (κ3) is 12.0. The molecule has 0 bridgehead atoms. The van der Waals surface area contributed by atoms with Crippen LogP contribution in [0.1, 0.15) is 80.6 Å². The Morgan fingerprint density at radius 2 is 1.70 bits per heavy atom. The van der Waals surface area contributed by atoms with E-state index in [1.165, 1.54) is 6.07 Å². The first-order valence-corrected chi connectivity index (χ1v) is 20.8. The molecule has 1 amide bonds. The summed E-state index contributed by atoms with van der Waals surface area (Å²) in [5, 5.41) is 16.4. The number of unbranched alkanes of at least 4 members (excludes halogenated alkanes) is 3. The number of para-hydroxylation sites is 2. The number of carbonyl (C=O) groups excluding carboxylic acids is 2. The van der Waals surface area contributed by atoms with Crippen LogP contribution in [0.3, 0.4) is 0 Å². The van der Waals surface area contributed by atoms with Crippen LogP contribution in [0.4, 0.5) is 5.69 Å². The van der Waals surface area contributed by atoms with E-state index < -0.39 is 37.4 Å². The van der Waals surface area contributed by atoms with Gasteiger partial charge in [0.2, 0.25) is 11.1 Å². The normalized spacial score (nSPS) is 13.9. The number of Topliss-reactive ketones (excluding diaryl/α,β-unsaturated/α-hetero) is 1. The number of anilines is 1. The summed E-state index contributed by atoms with van der Waals surface area (Å²) in [4.78, 5) is 44.4. The summed E-state index contributed by atoms with van der Waals surface area (Å²) in [6.07, 6.45) is 6.02. The highest BCUT2D eigenvalue weighted by molar-refractivity contribution is 7.92. The molecule has 1 saturated carbocycles. The number of aromatic hydroxyl groups is 1. The third-order valence-electron chi connectivity index (χ3n) is 8.93. The fraction of sp³-hybridized carbons (Fsp3) is 0.444. The number of sulfonamides is 1. The molecule has 1 fully saturated rings. The standard InChI is InChI=1S/C36H45N5O10S2/c42-27(23-37-19-20-52(46,47)48)11-3-1-2-4-15-32(44)38-18-8-12-28-22-31(43)34(35(45)51-28)33(24-16-17-24)25-9-7-10-26(21-25)41-53(49,50)36-39-29-13-5-6-14-30(29)40-36/h5-7,9-10,13-14,21-22,24,33,37,41,43H,1-4,8,11-12,15-20,23H2,(H,38,44)(H,39,40)(H,46,47,48). The van der Waals surface area contributed by atoms with E-state index >= 15 is 0 Å². The number of rotatable bonds is 22. The number of nitrogens with zero attached hydrogens (tertiary/aromatic N) is 1. The number of amides is 1. The highest BCUT2D eigenvalue weighted by Crippen LogP contribution is 2.48. The number of ketones is 1. The van der Waals surface area contributed by atoms with Crippen molar-refractivity contribution in [1.29, 1.82) is 0 Å². The van der Waals surface area contributed by atoms with Gasteiger partial charge in [0.1, 0.15) is 17.3 Å². The Kier molecular flexibility index (Phi) is 13.4. The minimum absolute atomic E-state index is 0.00339. The Balaban J connectivity index is 1.06. The summed E-state index contributed by atoms with van der Waals surface area (Å²) >= 11 is 0. The van der Waals surface area contributed by atoms with Crippen LogP contribution in [0.5, 0.6) is 5.75 Å². The quantitative estimate of drug-likeness (QED) is 0.0491. The van der Waals surface area contributed by atoms with Crippen LogP contribution in [-0.2, 0) is 36.2 Å². The number of aromatic amines is 1. The second-order valence-electron chi connectivity index (χ2n) is 13.3. The van der Waals surface area contributed by atoms with Gasteiger partial charge in [0.25, 0.3) is 20.1 Å². The summed E-state index contributed by atoms with van der Waals surface area (Å²) < 4.78 is 64.5. The number of aryl methyl sites for hydroxylation is 1. The van der Waals surface area contributed by atoms with E-state index in [4.69, 9.17) is 8.97 Å². The third-order valence-corrected chi connectivity index (χ3v) is 10.9. The number of H-pyrrole nitrogens is 1. The van der Waals surface area contributed by atoms with E-state index in [0.29, 0.717) is 61.7 Å². The Labute approximate surface area is 307 Å². The van der Waals surface area contributed by atoms with Gasteiger partial charge < -0.3 is 25.1 Å². The zero-order valence-corrected chi connectivity index (χ0v) is 30.8. The highest BCUT2D eigenvalue weighted by Gasteiger charge is 2.37. The van der Waals surface area contributed by atoms with E-state index in [0.717, 1.165) is 25.7 Å². The van der Waals surface area contributed by atoms with E-state index in [1.54, 1.807) is 48.5 Å². The predicted molar refractivity (Wildman–Crippen MR) is 198 cm³/mol. The Hall–Kier alpha value is -4.58. The van der Waals surface area contributed by atoms with E-state index in [2.05, 4.69) is 25.3 Å². The van der Waals surface area contributed by atoms with Gasteiger partial charge >= 0.3 is 5.63 Å². The van der Waals surface area contributed by atoms with Crippen molar-refractivity contribution >= 4 is 48.6 Å². The first kappa shape index (κ1) is 39.6. The molecule has 0 radical (unpaired) electrons. The van der Waals surface area contributed by atoms with Crippen molar-refractivity contribution in [3.8, 4) is 5.75 Å². The lowest BCUT2D eigenvalue weighted by atomic mass is 9.87. The number of imidazole rings is 1. The average molecular weight is 772 g/mol. The zero-order valence-electron chi connectivity index (χ0n) is 29.2. The summed E-state index contributed by atoms with van der Waals surface area (Å²) in [6.45, 7) is 0.399. The maximum absolute atomic E-state index is 13.3. The molecule has 1 atom stereocenters. The Morgan fingerprint density at radius 3 is 2.42 bits per heavy atom. The first-order chi connectivity index (χ1) is 25.3. The van der Waals surface area contributed by atoms with Crippen molar-refractivity contribution in [3.05, 3.63) is 81.9 Å². The van der Waals surface area contributed by atoms with Crippen molar-refractivity contribution in [3.63, 3.8) is 0 Å². The van der Waals surface area contributed by atoms with E-state index in [-0.39, 0.29) is 58.6 Å². The second-order valence-corrected chi connectivity index (χ2v) is 16.4. The fourth-order valence-electron chi connectivity index (χ4n) is 6.17. The smallest absolute Gasteiger partial charge is 0.343 e. The molecule has 17 heteroatoms. The molecule has 2 heterocycles. The van der Waals surface area contributed by atoms with Gasteiger partial charge in [-0.15, -0.1) is 0 Å². The molecule has 2 aromatic carbocycles. The molecule has 2 aromatic heterocycles. The maximum atomic E-state index is 13.3. The Morgan fingerprint density at radius 1 is 0.943 bits per heavy atom. The van der Waals surface area contributed by atoms with Crippen LogP contribution in [0.15, 0.2) is 69.0 Å². The highest BCUT2D eigenvalue weighted by atomic mass is 32.2. The molecule has 1 unspecified atom stereocenters. The molecule has 286 valence electrons. The number of aromatic nitrogens is 2.